The highest BCUT2D eigenvalue weighted by molar-refractivity contribution is 9.10. The number of rotatable bonds is 2. The molecule has 4 heteroatoms. The fourth-order valence-corrected chi connectivity index (χ4v) is 1.14. The van der Waals surface area contributed by atoms with Crippen LogP contribution in [0.4, 0.5) is 4.39 Å². The standard InChI is InChI=1S/C8H7BrFNO/c9-7-4-3-6(8(10)11-7)12-5-1-2-5/h3-5H,1-2H2. The van der Waals surface area contributed by atoms with Crippen molar-refractivity contribution in [3.63, 3.8) is 0 Å². The van der Waals surface area contributed by atoms with Gasteiger partial charge in [0.1, 0.15) is 4.60 Å². The molecule has 0 saturated heterocycles. The van der Waals surface area contributed by atoms with Crippen LogP contribution in [-0.4, -0.2) is 11.1 Å². The lowest BCUT2D eigenvalue weighted by Gasteiger charge is -2.03. The summed E-state index contributed by atoms with van der Waals surface area (Å²) in [6.07, 6.45) is 2.26. The molecule has 1 saturated carbocycles. The van der Waals surface area contributed by atoms with E-state index >= 15 is 0 Å². The quantitative estimate of drug-likeness (QED) is 0.731. The Labute approximate surface area is 77.9 Å². The first kappa shape index (κ1) is 7.98. The van der Waals surface area contributed by atoms with E-state index in [1.807, 2.05) is 0 Å². The first-order valence-corrected chi connectivity index (χ1v) is 4.54. The van der Waals surface area contributed by atoms with Crippen molar-refractivity contribution in [3.8, 4) is 5.75 Å². The van der Waals surface area contributed by atoms with Crippen molar-refractivity contribution in [2.24, 2.45) is 0 Å². The topological polar surface area (TPSA) is 22.1 Å². The van der Waals surface area contributed by atoms with Crippen LogP contribution in [0.5, 0.6) is 5.75 Å². The Morgan fingerprint density at radius 3 is 2.83 bits per heavy atom. The van der Waals surface area contributed by atoms with Crippen LogP contribution < -0.4 is 4.74 Å². The summed E-state index contributed by atoms with van der Waals surface area (Å²) in [4.78, 5) is 3.58. The summed E-state index contributed by atoms with van der Waals surface area (Å²) in [5.41, 5.74) is 0. The summed E-state index contributed by atoms with van der Waals surface area (Å²) in [7, 11) is 0. The van der Waals surface area contributed by atoms with Crippen LogP contribution in [0.1, 0.15) is 12.8 Å². The molecule has 1 fully saturated rings. The van der Waals surface area contributed by atoms with E-state index in [4.69, 9.17) is 4.74 Å². The van der Waals surface area contributed by atoms with Gasteiger partial charge in [0.05, 0.1) is 6.10 Å². The van der Waals surface area contributed by atoms with Crippen LogP contribution >= 0.6 is 15.9 Å². The molecule has 1 aromatic rings. The minimum Gasteiger partial charge on any atom is -0.486 e. The molecule has 2 rings (SSSR count). The molecule has 0 radical (unpaired) electrons. The Bertz CT molecular complexity index is 301. The second-order valence-electron chi connectivity index (χ2n) is 2.74. The van der Waals surface area contributed by atoms with Crippen LogP contribution in [0, 0.1) is 5.95 Å². The predicted octanol–water partition coefficient (Wildman–Crippen LogP) is 2.52. The van der Waals surface area contributed by atoms with Gasteiger partial charge in [-0.15, -0.1) is 0 Å². The van der Waals surface area contributed by atoms with E-state index in [-0.39, 0.29) is 11.9 Å². The highest BCUT2D eigenvalue weighted by atomic mass is 79.9. The van der Waals surface area contributed by atoms with Crippen molar-refractivity contribution in [2.45, 2.75) is 18.9 Å². The molecule has 0 unspecified atom stereocenters. The van der Waals surface area contributed by atoms with Crippen LogP contribution in [-0.2, 0) is 0 Å². The van der Waals surface area contributed by atoms with Crippen molar-refractivity contribution in [1.82, 2.24) is 4.98 Å². The third-order valence-electron chi connectivity index (χ3n) is 1.60. The molecule has 0 aliphatic heterocycles. The average molecular weight is 232 g/mol. The number of aromatic nitrogens is 1. The minimum atomic E-state index is -0.545. The van der Waals surface area contributed by atoms with Gasteiger partial charge >= 0.3 is 0 Å². The lowest BCUT2D eigenvalue weighted by molar-refractivity contribution is 0.283. The molecule has 0 atom stereocenters. The van der Waals surface area contributed by atoms with Crippen LogP contribution in [0.3, 0.4) is 0 Å². The predicted molar refractivity (Wildman–Crippen MR) is 45.5 cm³/mol. The molecule has 0 bridgehead atoms. The molecule has 0 aromatic carbocycles. The van der Waals surface area contributed by atoms with Gasteiger partial charge in [-0.25, -0.2) is 4.98 Å². The first-order chi connectivity index (χ1) is 5.75. The molecule has 1 heterocycles. The molecule has 2 nitrogen and oxygen atoms in total. The van der Waals surface area contributed by atoms with Gasteiger partial charge in [0, 0.05) is 0 Å². The van der Waals surface area contributed by atoms with Gasteiger partial charge in [-0.3, -0.25) is 0 Å². The lowest BCUT2D eigenvalue weighted by atomic mass is 10.4. The normalized spacial score (nSPS) is 16.2. The second kappa shape index (κ2) is 3.01. The third kappa shape index (κ3) is 1.75. The fraction of sp³-hybridized carbons (Fsp3) is 0.375. The number of halogens is 2. The first-order valence-electron chi connectivity index (χ1n) is 3.74. The van der Waals surface area contributed by atoms with Crippen molar-refractivity contribution in [3.05, 3.63) is 22.7 Å². The summed E-state index contributed by atoms with van der Waals surface area (Å²) >= 11 is 3.07. The van der Waals surface area contributed by atoms with Crippen molar-refractivity contribution >= 4 is 15.9 Å². The molecule has 0 N–H and O–H groups in total. The molecule has 1 aliphatic rings. The molecule has 0 amide bonds. The van der Waals surface area contributed by atoms with Gasteiger partial charge in [0.25, 0.3) is 5.95 Å². The van der Waals surface area contributed by atoms with E-state index in [1.165, 1.54) is 0 Å². The number of hydrogen-bond donors (Lipinski definition) is 0. The highest BCUT2D eigenvalue weighted by Crippen LogP contribution is 2.28. The lowest BCUT2D eigenvalue weighted by Crippen LogP contribution is -1.99. The number of hydrogen-bond acceptors (Lipinski definition) is 2. The number of ether oxygens (including phenoxy) is 1. The summed E-state index contributed by atoms with van der Waals surface area (Å²) in [5, 5.41) is 0. The number of nitrogens with zero attached hydrogens (tertiary/aromatic N) is 1. The third-order valence-corrected chi connectivity index (χ3v) is 2.04. The van der Waals surface area contributed by atoms with E-state index in [2.05, 4.69) is 20.9 Å². The summed E-state index contributed by atoms with van der Waals surface area (Å²) in [6, 6.07) is 3.26. The second-order valence-corrected chi connectivity index (χ2v) is 3.55. The maximum atomic E-state index is 13.0. The summed E-state index contributed by atoms with van der Waals surface area (Å²) < 4.78 is 18.7. The maximum absolute atomic E-state index is 13.0. The fourth-order valence-electron chi connectivity index (χ4n) is 0.853. The molecular formula is C8H7BrFNO. The maximum Gasteiger partial charge on any atom is 0.256 e. The van der Waals surface area contributed by atoms with Crippen molar-refractivity contribution in [2.75, 3.05) is 0 Å². The van der Waals surface area contributed by atoms with Crippen LogP contribution in [0.2, 0.25) is 0 Å². The monoisotopic (exact) mass is 231 g/mol. The van der Waals surface area contributed by atoms with Crippen molar-refractivity contribution in [1.29, 1.82) is 0 Å². The Kier molecular flexibility index (Phi) is 2.00. The molecule has 64 valence electrons. The Morgan fingerprint density at radius 1 is 1.50 bits per heavy atom. The largest absolute Gasteiger partial charge is 0.486 e. The van der Waals surface area contributed by atoms with E-state index in [0.717, 1.165) is 12.8 Å². The van der Waals surface area contributed by atoms with Crippen LogP contribution in [0.25, 0.3) is 0 Å². The summed E-state index contributed by atoms with van der Waals surface area (Å²) in [6.45, 7) is 0. The van der Waals surface area contributed by atoms with Crippen molar-refractivity contribution < 1.29 is 9.13 Å². The molecular weight excluding hydrogens is 225 g/mol. The van der Waals surface area contributed by atoms with E-state index in [1.54, 1.807) is 12.1 Å². The Morgan fingerprint density at radius 2 is 2.25 bits per heavy atom. The molecule has 12 heavy (non-hydrogen) atoms. The molecule has 1 aromatic heterocycles. The average Bonchev–Trinajstić information content (AvgIpc) is 2.79. The van der Waals surface area contributed by atoms with Gasteiger partial charge in [0.2, 0.25) is 0 Å². The minimum absolute atomic E-state index is 0.211. The zero-order chi connectivity index (χ0) is 8.55. The van der Waals surface area contributed by atoms with E-state index in [9.17, 15) is 4.39 Å². The smallest absolute Gasteiger partial charge is 0.256 e. The van der Waals surface area contributed by atoms with Gasteiger partial charge in [-0.05, 0) is 40.9 Å². The van der Waals surface area contributed by atoms with E-state index < -0.39 is 5.95 Å². The summed E-state index contributed by atoms with van der Waals surface area (Å²) in [5.74, 6) is -0.294. The van der Waals surface area contributed by atoms with E-state index in [0.29, 0.717) is 4.60 Å². The Hall–Kier alpha value is -0.640. The zero-order valence-electron chi connectivity index (χ0n) is 6.26. The number of pyridine rings is 1. The molecule has 1 aliphatic carbocycles. The van der Waals surface area contributed by atoms with Gasteiger partial charge in [-0.1, -0.05) is 0 Å². The SMILES string of the molecule is Fc1nc(Br)ccc1OC1CC1. The Balaban J connectivity index is 2.18. The van der Waals surface area contributed by atoms with Crippen LogP contribution in [0.15, 0.2) is 16.7 Å². The highest BCUT2D eigenvalue weighted by Gasteiger charge is 2.24. The zero-order valence-corrected chi connectivity index (χ0v) is 7.84. The van der Waals surface area contributed by atoms with Gasteiger partial charge in [-0.2, -0.15) is 4.39 Å². The van der Waals surface area contributed by atoms with Gasteiger partial charge < -0.3 is 4.74 Å². The van der Waals surface area contributed by atoms with Gasteiger partial charge in [0.15, 0.2) is 5.75 Å². The molecule has 0 spiro atoms.